The Hall–Kier alpha value is -3.71. The smallest absolute Gasteiger partial charge is 0.255 e. The Kier molecular flexibility index (Phi) is 6.18. The molecule has 4 aromatic rings. The zero-order chi connectivity index (χ0) is 22.7. The number of benzene rings is 3. The average Bonchev–Trinajstić information content (AvgIpc) is 3.15. The number of nitrogen functional groups attached to an aromatic ring is 1. The van der Waals surface area contributed by atoms with Gasteiger partial charge in [0.2, 0.25) is 5.78 Å². The summed E-state index contributed by atoms with van der Waals surface area (Å²) in [7, 11) is 0. The van der Waals surface area contributed by atoms with Crippen LogP contribution in [0.3, 0.4) is 0 Å². The maximum atomic E-state index is 13.3. The fourth-order valence-corrected chi connectivity index (χ4v) is 3.86. The molecule has 0 unspecified atom stereocenters. The van der Waals surface area contributed by atoms with Gasteiger partial charge in [-0.2, -0.15) is 0 Å². The summed E-state index contributed by atoms with van der Waals surface area (Å²) < 4.78 is 13.9. The van der Waals surface area contributed by atoms with Crippen molar-refractivity contribution in [3.8, 4) is 11.1 Å². The lowest BCUT2D eigenvalue weighted by Gasteiger charge is -2.10. The lowest BCUT2D eigenvalue weighted by Crippen LogP contribution is -2.24. The molecule has 5 nitrogen and oxygen atoms in total. The number of halogens is 2. The Balaban J connectivity index is 1.76. The zero-order valence-corrected chi connectivity index (χ0v) is 18.4. The molecule has 160 valence electrons. The van der Waals surface area contributed by atoms with Gasteiger partial charge in [-0.25, -0.2) is 4.39 Å². The van der Waals surface area contributed by atoms with E-state index < -0.39 is 5.91 Å². The molecule has 0 aliphatic heterocycles. The van der Waals surface area contributed by atoms with Crippen molar-refractivity contribution in [2.75, 3.05) is 5.73 Å². The SMILES string of the molecule is Nc1[nH]c(C(=O)c2ccccc2)c(-c2cccc(Br)c2)c1C(=O)NCc1ccc(F)cc1. The van der Waals surface area contributed by atoms with Gasteiger partial charge < -0.3 is 16.0 Å². The van der Waals surface area contributed by atoms with Crippen LogP contribution in [0.2, 0.25) is 0 Å². The van der Waals surface area contributed by atoms with Gasteiger partial charge in [-0.05, 0) is 35.4 Å². The van der Waals surface area contributed by atoms with E-state index in [-0.39, 0.29) is 35.2 Å². The lowest BCUT2D eigenvalue weighted by atomic mass is 9.96. The number of nitrogens with two attached hydrogens (primary N) is 1. The standard InChI is InChI=1S/C25H19BrFN3O2/c26-18-8-4-7-17(13-18)20-21(25(32)29-14-15-9-11-19(27)12-10-15)24(28)30-22(20)23(31)16-5-2-1-3-6-16/h1-13,30H,14,28H2,(H,29,32). The lowest BCUT2D eigenvalue weighted by molar-refractivity contribution is 0.0952. The number of carbonyl (C=O) groups is 2. The van der Waals surface area contributed by atoms with E-state index in [1.807, 2.05) is 30.3 Å². The molecule has 4 N–H and O–H groups in total. The Morgan fingerprint density at radius 2 is 1.69 bits per heavy atom. The highest BCUT2D eigenvalue weighted by atomic mass is 79.9. The highest BCUT2D eigenvalue weighted by molar-refractivity contribution is 9.10. The van der Waals surface area contributed by atoms with Crippen LogP contribution in [0.5, 0.6) is 0 Å². The maximum Gasteiger partial charge on any atom is 0.255 e. The minimum Gasteiger partial charge on any atom is -0.385 e. The van der Waals surface area contributed by atoms with Crippen molar-refractivity contribution < 1.29 is 14.0 Å². The molecule has 7 heteroatoms. The number of amides is 1. The maximum absolute atomic E-state index is 13.3. The van der Waals surface area contributed by atoms with Gasteiger partial charge in [0.15, 0.2) is 0 Å². The van der Waals surface area contributed by atoms with Crippen LogP contribution in [0, 0.1) is 5.82 Å². The predicted octanol–water partition coefficient (Wildman–Crippen LogP) is 5.33. The minimum absolute atomic E-state index is 0.0934. The van der Waals surface area contributed by atoms with Gasteiger partial charge in [0.05, 0.1) is 11.3 Å². The van der Waals surface area contributed by atoms with Crippen LogP contribution in [-0.4, -0.2) is 16.7 Å². The molecule has 0 saturated carbocycles. The van der Waals surface area contributed by atoms with Crippen LogP contribution in [0.25, 0.3) is 11.1 Å². The van der Waals surface area contributed by atoms with E-state index in [4.69, 9.17) is 5.73 Å². The van der Waals surface area contributed by atoms with Crippen LogP contribution in [0.1, 0.15) is 32.0 Å². The summed E-state index contributed by atoms with van der Waals surface area (Å²) in [5.74, 6) is -0.971. The molecule has 0 spiro atoms. The molecule has 0 saturated heterocycles. The second kappa shape index (κ2) is 9.20. The molecule has 0 fully saturated rings. The molecule has 0 aliphatic rings. The molecular formula is C25H19BrFN3O2. The third-order valence-corrected chi connectivity index (χ3v) is 5.49. The van der Waals surface area contributed by atoms with Crippen molar-refractivity contribution in [3.05, 3.63) is 112 Å². The second-order valence-electron chi connectivity index (χ2n) is 7.18. The van der Waals surface area contributed by atoms with E-state index in [0.29, 0.717) is 16.7 Å². The summed E-state index contributed by atoms with van der Waals surface area (Å²) >= 11 is 3.44. The van der Waals surface area contributed by atoms with Gasteiger partial charge in [-0.3, -0.25) is 9.59 Å². The van der Waals surface area contributed by atoms with Gasteiger partial charge in [0.1, 0.15) is 11.6 Å². The molecule has 1 aromatic heterocycles. The average molecular weight is 492 g/mol. The van der Waals surface area contributed by atoms with Crippen LogP contribution >= 0.6 is 15.9 Å². The number of aromatic amines is 1. The largest absolute Gasteiger partial charge is 0.385 e. The van der Waals surface area contributed by atoms with Gasteiger partial charge in [0, 0.05) is 22.1 Å². The van der Waals surface area contributed by atoms with E-state index in [1.165, 1.54) is 12.1 Å². The Morgan fingerprint density at radius 1 is 0.969 bits per heavy atom. The van der Waals surface area contributed by atoms with E-state index in [9.17, 15) is 14.0 Å². The number of carbonyl (C=O) groups excluding carboxylic acids is 2. The number of rotatable bonds is 6. The van der Waals surface area contributed by atoms with Crippen molar-refractivity contribution in [3.63, 3.8) is 0 Å². The van der Waals surface area contributed by atoms with Gasteiger partial charge in [-0.1, -0.05) is 70.5 Å². The molecule has 32 heavy (non-hydrogen) atoms. The van der Waals surface area contributed by atoms with Crippen molar-refractivity contribution in [1.82, 2.24) is 10.3 Å². The summed E-state index contributed by atoms with van der Waals surface area (Å²) in [6, 6.07) is 21.9. The van der Waals surface area contributed by atoms with Crippen LogP contribution in [0.4, 0.5) is 10.2 Å². The summed E-state index contributed by atoms with van der Waals surface area (Å²) in [6.07, 6.45) is 0. The zero-order valence-electron chi connectivity index (χ0n) is 16.9. The second-order valence-corrected chi connectivity index (χ2v) is 8.09. The number of hydrogen-bond donors (Lipinski definition) is 3. The van der Waals surface area contributed by atoms with Crippen molar-refractivity contribution in [2.24, 2.45) is 0 Å². The molecule has 4 rings (SSSR count). The van der Waals surface area contributed by atoms with Crippen molar-refractivity contribution in [1.29, 1.82) is 0 Å². The van der Waals surface area contributed by atoms with E-state index in [2.05, 4.69) is 26.2 Å². The molecule has 1 amide bonds. The molecule has 0 bridgehead atoms. The summed E-state index contributed by atoms with van der Waals surface area (Å²) in [5.41, 5.74) is 8.91. The first kappa shape index (κ1) is 21.5. The van der Waals surface area contributed by atoms with E-state index >= 15 is 0 Å². The number of hydrogen-bond acceptors (Lipinski definition) is 3. The van der Waals surface area contributed by atoms with Crippen molar-refractivity contribution >= 4 is 33.4 Å². The monoisotopic (exact) mass is 491 g/mol. The van der Waals surface area contributed by atoms with Gasteiger partial charge >= 0.3 is 0 Å². The van der Waals surface area contributed by atoms with Crippen LogP contribution in [-0.2, 0) is 6.54 Å². The number of H-pyrrole nitrogens is 1. The number of aromatic nitrogens is 1. The molecule has 3 aromatic carbocycles. The highest BCUT2D eigenvalue weighted by Gasteiger charge is 2.27. The Bertz CT molecular complexity index is 1280. The highest BCUT2D eigenvalue weighted by Crippen LogP contribution is 2.34. The van der Waals surface area contributed by atoms with E-state index in [0.717, 1.165) is 10.0 Å². The summed E-state index contributed by atoms with van der Waals surface area (Å²) in [6.45, 7) is 0.184. The first-order valence-corrected chi connectivity index (χ1v) is 10.6. The molecule has 0 radical (unpaired) electrons. The number of nitrogens with one attached hydrogen (secondary N) is 2. The van der Waals surface area contributed by atoms with E-state index in [1.54, 1.807) is 36.4 Å². The minimum atomic E-state index is -0.440. The first-order chi connectivity index (χ1) is 15.4. The molecule has 1 heterocycles. The predicted molar refractivity (Wildman–Crippen MR) is 126 cm³/mol. The summed E-state index contributed by atoms with van der Waals surface area (Å²) in [5, 5.41) is 2.81. The number of anilines is 1. The van der Waals surface area contributed by atoms with Crippen LogP contribution < -0.4 is 11.1 Å². The molecular weight excluding hydrogens is 473 g/mol. The van der Waals surface area contributed by atoms with Gasteiger partial charge in [-0.15, -0.1) is 0 Å². The molecule has 0 atom stereocenters. The molecule has 0 aliphatic carbocycles. The summed E-state index contributed by atoms with van der Waals surface area (Å²) in [4.78, 5) is 29.3. The Morgan fingerprint density at radius 3 is 2.38 bits per heavy atom. The van der Waals surface area contributed by atoms with Gasteiger partial charge in [0.25, 0.3) is 5.91 Å². The fourth-order valence-electron chi connectivity index (χ4n) is 3.46. The third kappa shape index (κ3) is 4.48. The topological polar surface area (TPSA) is 88.0 Å². The van der Waals surface area contributed by atoms with Crippen LogP contribution in [0.15, 0.2) is 83.3 Å². The fraction of sp³-hybridized carbons (Fsp3) is 0.0400. The normalized spacial score (nSPS) is 10.7. The van der Waals surface area contributed by atoms with Crippen molar-refractivity contribution in [2.45, 2.75) is 6.54 Å². The first-order valence-electron chi connectivity index (χ1n) is 9.84. The Labute approximate surface area is 192 Å². The third-order valence-electron chi connectivity index (χ3n) is 5.00. The number of ketones is 1. The quantitative estimate of drug-likeness (QED) is 0.318.